The lowest BCUT2D eigenvalue weighted by atomic mass is 10.2. The molecule has 6 heteroatoms. The number of nitrogens with one attached hydrogen (secondary N) is 1. The van der Waals surface area contributed by atoms with Gasteiger partial charge in [0, 0.05) is 12.6 Å². The van der Waals surface area contributed by atoms with Crippen molar-refractivity contribution in [3.63, 3.8) is 0 Å². The fourth-order valence-corrected chi connectivity index (χ4v) is 2.47. The van der Waals surface area contributed by atoms with Crippen molar-refractivity contribution in [3.8, 4) is 11.5 Å². The summed E-state index contributed by atoms with van der Waals surface area (Å²) in [6, 6.07) is 10.4. The maximum Gasteiger partial charge on any atom is 0.180 e. The highest BCUT2D eigenvalue weighted by molar-refractivity contribution is 6.32. The van der Waals surface area contributed by atoms with Gasteiger partial charge in [0.15, 0.2) is 11.5 Å². The Morgan fingerprint density at radius 2 is 1.76 bits per heavy atom. The fraction of sp³-hybridized carbons (Fsp3) is 0.368. The minimum Gasteiger partial charge on any atom is -0.490 e. The van der Waals surface area contributed by atoms with Crippen LogP contribution in [0.3, 0.4) is 0 Å². The third-order valence-corrected chi connectivity index (χ3v) is 3.66. The molecule has 0 heterocycles. The summed E-state index contributed by atoms with van der Waals surface area (Å²) in [5.41, 5.74) is 1.90. The first-order valence-electron chi connectivity index (χ1n) is 8.05. The van der Waals surface area contributed by atoms with Crippen molar-refractivity contribution in [3.05, 3.63) is 58.4 Å². The molecule has 2 aromatic rings. The van der Waals surface area contributed by atoms with Gasteiger partial charge in [0.1, 0.15) is 12.4 Å². The summed E-state index contributed by atoms with van der Waals surface area (Å²) in [7, 11) is 0. The van der Waals surface area contributed by atoms with E-state index in [0.29, 0.717) is 42.3 Å². The highest BCUT2D eigenvalue weighted by Crippen LogP contribution is 2.37. The van der Waals surface area contributed by atoms with Crippen molar-refractivity contribution in [2.45, 2.75) is 40.0 Å². The molecule has 0 amide bonds. The van der Waals surface area contributed by atoms with E-state index in [-0.39, 0.29) is 18.2 Å². The Balaban J connectivity index is 0.00000312. The van der Waals surface area contributed by atoms with E-state index in [0.717, 1.165) is 11.1 Å². The molecule has 0 saturated heterocycles. The first kappa shape index (κ1) is 21.6. The van der Waals surface area contributed by atoms with Crippen molar-refractivity contribution in [1.29, 1.82) is 0 Å². The molecule has 2 rings (SSSR count). The van der Waals surface area contributed by atoms with E-state index in [2.05, 4.69) is 19.2 Å². The predicted molar refractivity (Wildman–Crippen MR) is 103 cm³/mol. The van der Waals surface area contributed by atoms with E-state index in [1.807, 2.05) is 19.1 Å². The predicted octanol–water partition coefficient (Wildman–Crippen LogP) is 5.38. The minimum absolute atomic E-state index is 0. The minimum atomic E-state index is -0.270. The van der Waals surface area contributed by atoms with Gasteiger partial charge in [-0.2, -0.15) is 0 Å². The normalized spacial score (nSPS) is 10.5. The van der Waals surface area contributed by atoms with Crippen LogP contribution in [0.25, 0.3) is 0 Å². The van der Waals surface area contributed by atoms with Crippen LogP contribution in [0.2, 0.25) is 5.02 Å². The Kier molecular flexibility index (Phi) is 9.04. The summed E-state index contributed by atoms with van der Waals surface area (Å²) >= 11 is 6.38. The molecular weight excluding hydrogens is 364 g/mol. The Morgan fingerprint density at radius 1 is 1.08 bits per heavy atom. The largest absolute Gasteiger partial charge is 0.490 e. The molecule has 0 aliphatic rings. The topological polar surface area (TPSA) is 30.5 Å². The molecule has 138 valence electrons. The van der Waals surface area contributed by atoms with Crippen LogP contribution in [-0.4, -0.2) is 12.6 Å². The van der Waals surface area contributed by atoms with Gasteiger partial charge in [-0.1, -0.05) is 37.6 Å². The van der Waals surface area contributed by atoms with Crippen LogP contribution in [0, 0.1) is 5.82 Å². The van der Waals surface area contributed by atoms with Crippen LogP contribution in [0.15, 0.2) is 36.4 Å². The molecule has 0 fully saturated rings. The van der Waals surface area contributed by atoms with Crippen molar-refractivity contribution in [2.75, 3.05) is 6.61 Å². The van der Waals surface area contributed by atoms with Crippen LogP contribution < -0.4 is 14.8 Å². The first-order chi connectivity index (χ1) is 11.5. The summed E-state index contributed by atoms with van der Waals surface area (Å²) in [6.07, 6.45) is 0. The maximum absolute atomic E-state index is 13.0. The average Bonchev–Trinajstić information content (AvgIpc) is 2.54. The molecule has 0 unspecified atom stereocenters. The van der Waals surface area contributed by atoms with Gasteiger partial charge in [0.05, 0.1) is 11.6 Å². The van der Waals surface area contributed by atoms with Crippen molar-refractivity contribution in [2.24, 2.45) is 0 Å². The molecule has 25 heavy (non-hydrogen) atoms. The average molecular weight is 388 g/mol. The van der Waals surface area contributed by atoms with Crippen LogP contribution >= 0.6 is 24.0 Å². The molecule has 3 nitrogen and oxygen atoms in total. The highest BCUT2D eigenvalue weighted by atomic mass is 35.5. The zero-order valence-electron chi connectivity index (χ0n) is 14.6. The number of halogens is 3. The van der Waals surface area contributed by atoms with E-state index < -0.39 is 0 Å². The lowest BCUT2D eigenvalue weighted by Gasteiger charge is -2.16. The van der Waals surface area contributed by atoms with Gasteiger partial charge in [-0.3, -0.25) is 0 Å². The third kappa shape index (κ3) is 6.73. The molecule has 0 radical (unpaired) electrons. The summed E-state index contributed by atoms with van der Waals surface area (Å²) < 4.78 is 24.5. The number of benzene rings is 2. The lowest BCUT2D eigenvalue weighted by Crippen LogP contribution is -2.21. The fourth-order valence-electron chi connectivity index (χ4n) is 2.18. The molecule has 0 aliphatic heterocycles. The van der Waals surface area contributed by atoms with Crippen LogP contribution in [-0.2, 0) is 13.2 Å². The van der Waals surface area contributed by atoms with Crippen LogP contribution in [0.1, 0.15) is 31.9 Å². The van der Waals surface area contributed by atoms with Crippen molar-refractivity contribution in [1.82, 2.24) is 5.32 Å². The number of rotatable bonds is 8. The summed E-state index contributed by atoms with van der Waals surface area (Å²) in [6.45, 7) is 7.61. The van der Waals surface area contributed by atoms with Gasteiger partial charge in [-0.15, -0.1) is 12.4 Å². The number of hydrogen-bond donors (Lipinski definition) is 1. The molecule has 0 saturated carbocycles. The van der Waals surface area contributed by atoms with Gasteiger partial charge in [0.25, 0.3) is 0 Å². The Hall–Kier alpha value is -1.49. The zero-order valence-corrected chi connectivity index (χ0v) is 16.2. The van der Waals surface area contributed by atoms with Gasteiger partial charge in [-0.05, 0) is 42.3 Å². The van der Waals surface area contributed by atoms with Crippen LogP contribution in [0.4, 0.5) is 4.39 Å². The smallest absolute Gasteiger partial charge is 0.180 e. The molecular formula is C19H24Cl2FNO2. The summed E-state index contributed by atoms with van der Waals surface area (Å²) in [5.74, 6) is 0.859. The quantitative estimate of drug-likeness (QED) is 0.659. The Morgan fingerprint density at radius 3 is 2.36 bits per heavy atom. The SMILES string of the molecule is CCOc1cc(CNC(C)C)cc(Cl)c1OCc1ccc(F)cc1.Cl. The molecule has 1 N–H and O–H groups in total. The summed E-state index contributed by atoms with van der Waals surface area (Å²) in [5, 5.41) is 3.85. The van der Waals surface area contributed by atoms with E-state index >= 15 is 0 Å². The molecule has 0 bridgehead atoms. The first-order valence-corrected chi connectivity index (χ1v) is 8.43. The van der Waals surface area contributed by atoms with Gasteiger partial charge in [-0.25, -0.2) is 4.39 Å². The number of ether oxygens (including phenoxy) is 2. The molecule has 0 aromatic heterocycles. The van der Waals surface area contributed by atoms with Gasteiger partial charge < -0.3 is 14.8 Å². The second-order valence-electron chi connectivity index (χ2n) is 5.79. The zero-order chi connectivity index (χ0) is 17.5. The summed E-state index contributed by atoms with van der Waals surface area (Å²) in [4.78, 5) is 0. The van der Waals surface area contributed by atoms with Crippen molar-refractivity contribution < 1.29 is 13.9 Å². The number of hydrogen-bond acceptors (Lipinski definition) is 3. The van der Waals surface area contributed by atoms with Crippen molar-refractivity contribution >= 4 is 24.0 Å². The standard InChI is InChI=1S/C19H23ClFNO2.ClH/c1-4-23-18-10-15(11-22-13(2)3)9-17(20)19(18)24-12-14-5-7-16(21)8-6-14;/h5-10,13,22H,4,11-12H2,1-3H3;1H. The van der Waals surface area contributed by atoms with E-state index in [1.165, 1.54) is 12.1 Å². The van der Waals surface area contributed by atoms with Crippen LogP contribution in [0.5, 0.6) is 11.5 Å². The molecule has 2 aromatic carbocycles. The second-order valence-corrected chi connectivity index (χ2v) is 6.20. The Bertz CT molecular complexity index is 663. The molecule has 0 aliphatic carbocycles. The monoisotopic (exact) mass is 387 g/mol. The van der Waals surface area contributed by atoms with Gasteiger partial charge in [0.2, 0.25) is 0 Å². The third-order valence-electron chi connectivity index (χ3n) is 3.38. The maximum atomic E-state index is 13.0. The highest BCUT2D eigenvalue weighted by Gasteiger charge is 2.13. The lowest BCUT2D eigenvalue weighted by molar-refractivity contribution is 0.269. The van der Waals surface area contributed by atoms with Gasteiger partial charge >= 0.3 is 0 Å². The van der Waals surface area contributed by atoms with E-state index in [1.54, 1.807) is 12.1 Å². The molecule has 0 spiro atoms. The second kappa shape index (κ2) is 10.5. The van der Waals surface area contributed by atoms with E-state index in [4.69, 9.17) is 21.1 Å². The Labute approximate surface area is 159 Å². The molecule has 0 atom stereocenters. The van der Waals surface area contributed by atoms with E-state index in [9.17, 15) is 4.39 Å².